The van der Waals surface area contributed by atoms with Crippen LogP contribution < -0.4 is 16.0 Å². The highest BCUT2D eigenvalue weighted by molar-refractivity contribution is 6.04. The molecule has 0 aliphatic carbocycles. The first kappa shape index (κ1) is 20.8. The summed E-state index contributed by atoms with van der Waals surface area (Å²) in [6.07, 6.45) is -0.481. The number of hydrogen-bond donors (Lipinski definition) is 3. The Morgan fingerprint density at radius 2 is 1.96 bits per heavy atom. The van der Waals surface area contributed by atoms with Gasteiger partial charge < -0.3 is 20.7 Å². The molecule has 27 heavy (non-hydrogen) atoms. The fourth-order valence-electron chi connectivity index (χ4n) is 2.60. The quantitative estimate of drug-likeness (QED) is 0.727. The minimum atomic E-state index is -0.481. The molecular formula is C19H21ClFN3O3. The lowest BCUT2D eigenvalue weighted by Gasteiger charge is -2.22. The third-order valence-corrected chi connectivity index (χ3v) is 3.98. The Balaban J connectivity index is 0.00000261. The second-order valence-corrected chi connectivity index (χ2v) is 5.94. The van der Waals surface area contributed by atoms with Crippen molar-refractivity contribution in [1.82, 2.24) is 10.6 Å². The van der Waals surface area contributed by atoms with Crippen LogP contribution >= 0.6 is 12.4 Å². The topological polar surface area (TPSA) is 79.5 Å². The molecule has 0 radical (unpaired) electrons. The van der Waals surface area contributed by atoms with E-state index in [-0.39, 0.29) is 24.2 Å². The van der Waals surface area contributed by atoms with Gasteiger partial charge in [-0.25, -0.2) is 4.39 Å². The summed E-state index contributed by atoms with van der Waals surface area (Å²) in [5.74, 6) is -0.887. The Labute approximate surface area is 162 Å². The van der Waals surface area contributed by atoms with E-state index >= 15 is 0 Å². The lowest BCUT2D eigenvalue weighted by Crippen LogP contribution is -2.47. The van der Waals surface area contributed by atoms with E-state index in [0.29, 0.717) is 30.9 Å². The summed E-state index contributed by atoms with van der Waals surface area (Å²) in [6.45, 7) is 2.10. The fourth-order valence-corrected chi connectivity index (χ4v) is 2.60. The highest BCUT2D eigenvalue weighted by atomic mass is 35.5. The van der Waals surface area contributed by atoms with E-state index in [0.717, 1.165) is 12.1 Å². The second kappa shape index (κ2) is 10.0. The van der Waals surface area contributed by atoms with Crippen molar-refractivity contribution in [2.75, 3.05) is 25.0 Å². The smallest absolute Gasteiger partial charge is 0.255 e. The molecule has 0 spiro atoms. The molecule has 1 heterocycles. The van der Waals surface area contributed by atoms with Crippen molar-refractivity contribution >= 4 is 29.9 Å². The number of hydrogen-bond acceptors (Lipinski definition) is 4. The molecule has 3 N–H and O–H groups in total. The summed E-state index contributed by atoms with van der Waals surface area (Å²) >= 11 is 0. The number of carbonyl (C=O) groups is 2. The van der Waals surface area contributed by atoms with Crippen LogP contribution in [-0.4, -0.2) is 37.6 Å². The van der Waals surface area contributed by atoms with Crippen molar-refractivity contribution in [3.63, 3.8) is 0 Å². The lowest BCUT2D eigenvalue weighted by atomic mass is 10.1. The summed E-state index contributed by atoms with van der Waals surface area (Å²) in [4.78, 5) is 24.3. The van der Waals surface area contributed by atoms with E-state index in [4.69, 9.17) is 4.74 Å². The van der Waals surface area contributed by atoms with E-state index < -0.39 is 11.9 Å². The van der Waals surface area contributed by atoms with Gasteiger partial charge in [-0.05, 0) is 42.0 Å². The van der Waals surface area contributed by atoms with E-state index in [9.17, 15) is 14.0 Å². The van der Waals surface area contributed by atoms with E-state index in [1.165, 1.54) is 24.3 Å². The number of benzene rings is 2. The molecule has 1 unspecified atom stereocenters. The maximum atomic E-state index is 12.9. The van der Waals surface area contributed by atoms with Crippen LogP contribution in [0.4, 0.5) is 10.1 Å². The van der Waals surface area contributed by atoms with Gasteiger partial charge in [-0.1, -0.05) is 12.1 Å². The zero-order valence-corrected chi connectivity index (χ0v) is 15.4. The molecule has 2 aromatic rings. The Kier molecular flexibility index (Phi) is 7.72. The minimum absolute atomic E-state index is 0. The Morgan fingerprint density at radius 3 is 2.67 bits per heavy atom. The molecule has 144 valence electrons. The molecule has 1 fully saturated rings. The number of amides is 2. The molecule has 1 saturated heterocycles. The standard InChI is InChI=1S/C19H20FN3O3.ClH/c20-15-6-4-14(5-7-15)18(24)23-16-3-1-2-13(10-16)11-22-19(25)17-12-21-8-9-26-17;/h1-7,10,17,21H,8-9,11-12H2,(H,22,25)(H,23,24);1H. The van der Waals surface area contributed by atoms with Gasteiger partial charge in [0.15, 0.2) is 0 Å². The minimum Gasteiger partial charge on any atom is -0.366 e. The van der Waals surface area contributed by atoms with Crippen molar-refractivity contribution in [2.24, 2.45) is 0 Å². The van der Waals surface area contributed by atoms with Crippen molar-refractivity contribution in [3.05, 3.63) is 65.5 Å². The first-order chi connectivity index (χ1) is 12.6. The normalized spacial score (nSPS) is 16.1. The zero-order chi connectivity index (χ0) is 18.4. The number of rotatable bonds is 5. The molecule has 3 rings (SSSR count). The maximum absolute atomic E-state index is 12.9. The van der Waals surface area contributed by atoms with Crippen molar-refractivity contribution in [3.8, 4) is 0 Å². The second-order valence-electron chi connectivity index (χ2n) is 5.94. The fraction of sp³-hybridized carbons (Fsp3) is 0.263. The third kappa shape index (κ3) is 6.02. The average Bonchev–Trinajstić information content (AvgIpc) is 2.67. The van der Waals surface area contributed by atoms with Gasteiger partial charge in [0.05, 0.1) is 6.61 Å². The lowest BCUT2D eigenvalue weighted by molar-refractivity contribution is -0.134. The maximum Gasteiger partial charge on any atom is 0.255 e. The number of halogens is 2. The SMILES string of the molecule is Cl.O=C(Nc1cccc(CNC(=O)C2CNCCO2)c1)c1ccc(F)cc1. The van der Waals surface area contributed by atoms with Gasteiger partial charge in [0.1, 0.15) is 11.9 Å². The van der Waals surface area contributed by atoms with Gasteiger partial charge in [-0.3, -0.25) is 9.59 Å². The summed E-state index contributed by atoms with van der Waals surface area (Å²) < 4.78 is 18.3. The molecule has 0 aromatic heterocycles. The molecule has 6 nitrogen and oxygen atoms in total. The Bertz CT molecular complexity index is 780. The van der Waals surface area contributed by atoms with Crippen molar-refractivity contribution in [1.29, 1.82) is 0 Å². The van der Waals surface area contributed by atoms with Crippen LogP contribution in [0, 0.1) is 5.82 Å². The van der Waals surface area contributed by atoms with Crippen LogP contribution in [0.3, 0.4) is 0 Å². The monoisotopic (exact) mass is 393 g/mol. The summed E-state index contributed by atoms with van der Waals surface area (Å²) in [5, 5.41) is 8.70. The van der Waals surface area contributed by atoms with Gasteiger partial charge in [0.25, 0.3) is 11.8 Å². The van der Waals surface area contributed by atoms with Crippen LogP contribution in [0.25, 0.3) is 0 Å². The molecular weight excluding hydrogens is 373 g/mol. The van der Waals surface area contributed by atoms with Gasteiger partial charge in [0.2, 0.25) is 0 Å². The highest BCUT2D eigenvalue weighted by Gasteiger charge is 2.21. The van der Waals surface area contributed by atoms with Gasteiger partial charge >= 0.3 is 0 Å². The van der Waals surface area contributed by atoms with Crippen molar-refractivity contribution in [2.45, 2.75) is 12.6 Å². The molecule has 2 aromatic carbocycles. The molecule has 1 aliphatic heterocycles. The summed E-state index contributed by atoms with van der Waals surface area (Å²) in [5.41, 5.74) is 1.81. The van der Waals surface area contributed by atoms with Crippen LogP contribution in [0.5, 0.6) is 0 Å². The molecule has 1 aliphatic rings. The number of ether oxygens (including phenoxy) is 1. The van der Waals surface area contributed by atoms with Crippen LogP contribution in [0.2, 0.25) is 0 Å². The predicted octanol–water partition coefficient (Wildman–Crippen LogP) is 2.10. The molecule has 0 saturated carbocycles. The number of carbonyl (C=O) groups excluding carboxylic acids is 2. The van der Waals surface area contributed by atoms with Crippen molar-refractivity contribution < 1.29 is 18.7 Å². The molecule has 0 bridgehead atoms. The predicted molar refractivity (Wildman–Crippen MR) is 102 cm³/mol. The first-order valence-corrected chi connectivity index (χ1v) is 8.38. The van der Waals surface area contributed by atoms with Crippen LogP contribution in [-0.2, 0) is 16.1 Å². The Morgan fingerprint density at radius 1 is 1.19 bits per heavy atom. The molecule has 2 amide bonds. The molecule has 1 atom stereocenters. The van der Waals surface area contributed by atoms with E-state index in [1.807, 2.05) is 6.07 Å². The highest BCUT2D eigenvalue weighted by Crippen LogP contribution is 2.13. The number of nitrogens with one attached hydrogen (secondary N) is 3. The van der Waals surface area contributed by atoms with Crippen LogP contribution in [0.15, 0.2) is 48.5 Å². The Hall–Kier alpha value is -2.48. The zero-order valence-electron chi connectivity index (χ0n) is 14.5. The van der Waals surface area contributed by atoms with Gasteiger partial charge in [-0.2, -0.15) is 0 Å². The van der Waals surface area contributed by atoms with E-state index in [2.05, 4.69) is 16.0 Å². The largest absolute Gasteiger partial charge is 0.366 e. The molecule has 8 heteroatoms. The third-order valence-electron chi connectivity index (χ3n) is 3.98. The summed E-state index contributed by atoms with van der Waals surface area (Å²) in [7, 11) is 0. The van der Waals surface area contributed by atoms with Crippen LogP contribution in [0.1, 0.15) is 15.9 Å². The average molecular weight is 394 g/mol. The first-order valence-electron chi connectivity index (χ1n) is 8.38. The van der Waals surface area contributed by atoms with Gasteiger partial charge in [0, 0.05) is 30.9 Å². The summed E-state index contributed by atoms with van der Waals surface area (Å²) in [6, 6.07) is 12.5. The number of morpholine rings is 1. The van der Waals surface area contributed by atoms with E-state index in [1.54, 1.807) is 18.2 Å². The number of anilines is 1. The van der Waals surface area contributed by atoms with Gasteiger partial charge in [-0.15, -0.1) is 12.4 Å².